The molecule has 0 aliphatic heterocycles. The fourth-order valence-corrected chi connectivity index (χ4v) is 5.58. The molecule has 3 aromatic carbocycles. The van der Waals surface area contributed by atoms with Crippen molar-refractivity contribution in [2.45, 2.75) is 52.3 Å². The third kappa shape index (κ3) is 5.11. The number of nitrogens with zero attached hydrogens (tertiary/aromatic N) is 1. The minimum Gasteiger partial charge on any atom is -0.322 e. The smallest absolute Gasteiger partial charge is 0.255 e. The van der Waals surface area contributed by atoms with Crippen LogP contribution in [0.3, 0.4) is 0 Å². The van der Waals surface area contributed by atoms with Crippen molar-refractivity contribution < 1.29 is 13.2 Å². The van der Waals surface area contributed by atoms with E-state index in [1.54, 1.807) is 12.1 Å². The number of carbonyl (C=O) groups is 1. The Hall–Kier alpha value is -3.12. The summed E-state index contributed by atoms with van der Waals surface area (Å²) in [6, 6.07) is 18.9. The molecule has 0 radical (unpaired) electrons. The minimum atomic E-state index is -3.43. The number of sulfonamides is 1. The van der Waals surface area contributed by atoms with Crippen LogP contribution >= 0.6 is 0 Å². The second kappa shape index (κ2) is 9.02. The van der Waals surface area contributed by atoms with Crippen LogP contribution in [0.15, 0.2) is 60.7 Å². The first-order chi connectivity index (χ1) is 15.6. The quantitative estimate of drug-likeness (QED) is 0.492. The van der Waals surface area contributed by atoms with Gasteiger partial charge in [-0.25, -0.2) is 8.42 Å². The van der Waals surface area contributed by atoms with Gasteiger partial charge in [0.05, 0.1) is 17.5 Å². The molecule has 0 spiro atoms. The van der Waals surface area contributed by atoms with E-state index in [1.165, 1.54) is 4.31 Å². The summed E-state index contributed by atoms with van der Waals surface area (Å²) in [5, 5.41) is 2.66. The van der Waals surface area contributed by atoms with Crippen LogP contribution in [0.1, 0.15) is 51.0 Å². The van der Waals surface area contributed by atoms with E-state index in [2.05, 4.69) is 5.32 Å². The maximum absolute atomic E-state index is 13.2. The van der Waals surface area contributed by atoms with E-state index in [1.807, 2.05) is 76.2 Å². The van der Waals surface area contributed by atoms with Crippen molar-refractivity contribution in [3.63, 3.8) is 0 Å². The molecule has 1 fully saturated rings. The Labute approximate surface area is 196 Å². The molecule has 0 bridgehead atoms. The molecule has 0 aromatic heterocycles. The number of aryl methyl sites for hydroxylation is 4. The van der Waals surface area contributed by atoms with E-state index in [0.717, 1.165) is 33.5 Å². The molecule has 0 unspecified atom stereocenters. The molecule has 1 N–H and O–H groups in total. The van der Waals surface area contributed by atoms with Crippen molar-refractivity contribution in [2.24, 2.45) is 0 Å². The SMILES string of the molecule is Cc1ccc(C)c(NC(=O)c2ccc(CN(c3ccc(C)c(C)c3)S(=O)(=O)C3CC3)cc2)c1. The van der Waals surface area contributed by atoms with Gasteiger partial charge in [-0.3, -0.25) is 9.10 Å². The van der Waals surface area contributed by atoms with Crippen molar-refractivity contribution in [1.82, 2.24) is 0 Å². The maximum Gasteiger partial charge on any atom is 0.255 e. The first kappa shape index (κ1) is 23.1. The zero-order valence-corrected chi connectivity index (χ0v) is 20.4. The molecular formula is C27H30N2O3S. The molecular weight excluding hydrogens is 432 g/mol. The highest BCUT2D eigenvalue weighted by atomic mass is 32.2. The van der Waals surface area contributed by atoms with Gasteiger partial charge in [-0.2, -0.15) is 0 Å². The highest BCUT2D eigenvalue weighted by Gasteiger charge is 2.40. The van der Waals surface area contributed by atoms with Crippen LogP contribution in [-0.2, 0) is 16.6 Å². The Morgan fingerprint density at radius 2 is 1.55 bits per heavy atom. The lowest BCUT2D eigenvalue weighted by Gasteiger charge is -2.25. The Balaban J connectivity index is 1.55. The third-order valence-corrected chi connectivity index (χ3v) is 8.48. The maximum atomic E-state index is 13.2. The fourth-order valence-electron chi connectivity index (χ4n) is 3.75. The number of rotatable bonds is 7. The Morgan fingerprint density at radius 1 is 0.879 bits per heavy atom. The van der Waals surface area contributed by atoms with Gasteiger partial charge in [-0.05, 0) is 98.7 Å². The summed E-state index contributed by atoms with van der Waals surface area (Å²) in [4.78, 5) is 12.7. The number of hydrogen-bond donors (Lipinski definition) is 1. The first-order valence-corrected chi connectivity index (χ1v) is 12.7. The summed E-state index contributed by atoms with van der Waals surface area (Å²) < 4.78 is 27.9. The fraction of sp³-hybridized carbons (Fsp3) is 0.296. The number of amides is 1. The molecule has 0 saturated heterocycles. The summed E-state index contributed by atoms with van der Waals surface area (Å²) in [6.45, 7) is 8.19. The largest absolute Gasteiger partial charge is 0.322 e. The molecule has 4 rings (SSSR count). The molecule has 1 aliphatic carbocycles. The number of carbonyl (C=O) groups excluding carboxylic acids is 1. The zero-order chi connectivity index (χ0) is 23.8. The summed E-state index contributed by atoms with van der Waals surface area (Å²) in [6.07, 6.45) is 1.42. The zero-order valence-electron chi connectivity index (χ0n) is 19.6. The van der Waals surface area contributed by atoms with Gasteiger partial charge in [0.25, 0.3) is 5.91 Å². The molecule has 1 amide bonds. The summed E-state index contributed by atoms with van der Waals surface area (Å²) in [5.41, 5.74) is 7.10. The van der Waals surface area contributed by atoms with Gasteiger partial charge in [0, 0.05) is 11.3 Å². The van der Waals surface area contributed by atoms with Crippen LogP contribution < -0.4 is 9.62 Å². The van der Waals surface area contributed by atoms with E-state index < -0.39 is 10.0 Å². The molecule has 0 heterocycles. The Morgan fingerprint density at radius 3 is 2.18 bits per heavy atom. The monoisotopic (exact) mass is 462 g/mol. The second-order valence-corrected chi connectivity index (χ2v) is 11.1. The van der Waals surface area contributed by atoms with Gasteiger partial charge in [0.15, 0.2) is 0 Å². The normalized spacial score (nSPS) is 13.6. The van der Waals surface area contributed by atoms with Crippen molar-refractivity contribution in [3.8, 4) is 0 Å². The summed E-state index contributed by atoms with van der Waals surface area (Å²) in [7, 11) is -3.43. The van der Waals surface area contributed by atoms with Gasteiger partial charge < -0.3 is 5.32 Å². The molecule has 1 saturated carbocycles. The number of benzene rings is 3. The van der Waals surface area contributed by atoms with Crippen LogP contribution in [0, 0.1) is 27.7 Å². The van der Waals surface area contributed by atoms with Crippen molar-refractivity contribution in [2.75, 3.05) is 9.62 Å². The second-order valence-electron chi connectivity index (χ2n) is 8.99. The summed E-state index contributed by atoms with van der Waals surface area (Å²) in [5.74, 6) is -0.188. The average molecular weight is 463 g/mol. The number of nitrogens with one attached hydrogen (secondary N) is 1. The lowest BCUT2D eigenvalue weighted by atomic mass is 10.1. The van der Waals surface area contributed by atoms with E-state index in [-0.39, 0.29) is 17.7 Å². The first-order valence-electron chi connectivity index (χ1n) is 11.2. The molecule has 5 nitrogen and oxygen atoms in total. The molecule has 1 aliphatic rings. The molecule has 33 heavy (non-hydrogen) atoms. The van der Waals surface area contributed by atoms with Crippen LogP contribution in [0.5, 0.6) is 0 Å². The average Bonchev–Trinajstić information content (AvgIpc) is 3.63. The van der Waals surface area contributed by atoms with Crippen LogP contribution in [0.25, 0.3) is 0 Å². The van der Waals surface area contributed by atoms with E-state index in [9.17, 15) is 13.2 Å². The van der Waals surface area contributed by atoms with Crippen molar-refractivity contribution in [1.29, 1.82) is 0 Å². The number of hydrogen-bond acceptors (Lipinski definition) is 3. The van der Waals surface area contributed by atoms with Gasteiger partial charge in [-0.15, -0.1) is 0 Å². The van der Waals surface area contributed by atoms with E-state index in [0.29, 0.717) is 24.1 Å². The van der Waals surface area contributed by atoms with Gasteiger partial charge in [0.1, 0.15) is 0 Å². The topological polar surface area (TPSA) is 66.5 Å². The predicted molar refractivity (Wildman–Crippen MR) is 134 cm³/mol. The van der Waals surface area contributed by atoms with Crippen LogP contribution in [0.2, 0.25) is 0 Å². The van der Waals surface area contributed by atoms with Crippen molar-refractivity contribution >= 4 is 27.3 Å². The van der Waals surface area contributed by atoms with Gasteiger partial charge in [-0.1, -0.05) is 30.3 Å². The standard InChI is InChI=1S/C27H30N2O3S/c1-18-5-6-20(3)26(15-18)28-27(30)23-10-8-22(9-11-23)17-29(33(31,32)25-13-14-25)24-12-7-19(2)21(4)16-24/h5-12,15-16,25H,13-14,17H2,1-4H3,(H,28,30). The van der Waals surface area contributed by atoms with Gasteiger partial charge in [0.2, 0.25) is 10.0 Å². The van der Waals surface area contributed by atoms with Crippen LogP contribution in [0.4, 0.5) is 11.4 Å². The lowest BCUT2D eigenvalue weighted by Crippen LogP contribution is -2.33. The van der Waals surface area contributed by atoms with Gasteiger partial charge >= 0.3 is 0 Å². The summed E-state index contributed by atoms with van der Waals surface area (Å²) >= 11 is 0. The molecule has 0 atom stereocenters. The minimum absolute atomic E-state index is 0.188. The highest BCUT2D eigenvalue weighted by molar-refractivity contribution is 7.93. The third-order valence-electron chi connectivity index (χ3n) is 6.21. The molecule has 3 aromatic rings. The number of anilines is 2. The molecule has 172 valence electrons. The molecule has 6 heteroatoms. The van der Waals surface area contributed by atoms with Crippen molar-refractivity contribution in [3.05, 3.63) is 94.0 Å². The predicted octanol–water partition coefficient (Wildman–Crippen LogP) is 5.67. The van der Waals surface area contributed by atoms with E-state index >= 15 is 0 Å². The lowest BCUT2D eigenvalue weighted by molar-refractivity contribution is 0.102. The van der Waals surface area contributed by atoms with Crippen LogP contribution in [-0.4, -0.2) is 19.6 Å². The van der Waals surface area contributed by atoms with E-state index in [4.69, 9.17) is 0 Å². The highest BCUT2D eigenvalue weighted by Crippen LogP contribution is 2.35. The Bertz CT molecular complexity index is 1290. The Kier molecular flexibility index (Phi) is 6.30.